The average molecular weight is 258 g/mol. The predicted octanol–water partition coefficient (Wildman–Crippen LogP) is 2.00. The Labute approximate surface area is 93.0 Å². The molecule has 0 atom stereocenters. The second kappa shape index (κ2) is 4.03. The zero-order valence-electron chi connectivity index (χ0n) is 8.68. The van der Waals surface area contributed by atoms with Crippen LogP contribution in [0.15, 0.2) is 4.47 Å². The number of rotatable bonds is 4. The first-order chi connectivity index (χ1) is 6.72. The van der Waals surface area contributed by atoms with Gasteiger partial charge in [0.2, 0.25) is 0 Å². The van der Waals surface area contributed by atoms with Gasteiger partial charge in [0.1, 0.15) is 0 Å². The van der Waals surface area contributed by atoms with Crippen molar-refractivity contribution in [3.8, 4) is 0 Å². The molecular formula is C10H16BrN3. The number of nitrogens with zero attached hydrogens (tertiary/aromatic N) is 2. The standard InChI is InChI=1S/C10H16BrN3/c1-3-8-10(11)9(14(2)13-8)6-12-7-4-5-7/h7,12H,3-6H2,1-2H3. The van der Waals surface area contributed by atoms with Crippen molar-refractivity contribution in [2.75, 3.05) is 0 Å². The van der Waals surface area contributed by atoms with Crippen LogP contribution in [0.2, 0.25) is 0 Å². The van der Waals surface area contributed by atoms with E-state index in [2.05, 4.69) is 33.3 Å². The van der Waals surface area contributed by atoms with Crippen LogP contribution in [0.1, 0.15) is 31.2 Å². The second-order valence-electron chi connectivity index (χ2n) is 3.84. The normalized spacial score (nSPS) is 16.2. The number of aromatic nitrogens is 2. The van der Waals surface area contributed by atoms with Crippen molar-refractivity contribution < 1.29 is 0 Å². The summed E-state index contributed by atoms with van der Waals surface area (Å²) in [6, 6.07) is 0.752. The fourth-order valence-corrected chi connectivity index (χ4v) is 2.30. The van der Waals surface area contributed by atoms with Gasteiger partial charge >= 0.3 is 0 Å². The molecule has 0 amide bonds. The van der Waals surface area contributed by atoms with Crippen LogP contribution in [-0.2, 0) is 20.0 Å². The van der Waals surface area contributed by atoms with E-state index in [1.807, 2.05) is 11.7 Å². The molecule has 0 aliphatic heterocycles. The van der Waals surface area contributed by atoms with Crippen LogP contribution < -0.4 is 5.32 Å². The fourth-order valence-electron chi connectivity index (χ4n) is 1.54. The first-order valence-electron chi connectivity index (χ1n) is 5.16. The van der Waals surface area contributed by atoms with Gasteiger partial charge in [0.25, 0.3) is 0 Å². The Bertz CT molecular complexity index is 328. The molecule has 0 bridgehead atoms. The summed E-state index contributed by atoms with van der Waals surface area (Å²) in [6.45, 7) is 3.06. The molecule has 1 aliphatic rings. The van der Waals surface area contributed by atoms with E-state index >= 15 is 0 Å². The van der Waals surface area contributed by atoms with Gasteiger partial charge in [0, 0.05) is 19.6 Å². The first-order valence-corrected chi connectivity index (χ1v) is 5.95. The van der Waals surface area contributed by atoms with Crippen LogP contribution in [-0.4, -0.2) is 15.8 Å². The number of hydrogen-bond acceptors (Lipinski definition) is 2. The molecule has 2 rings (SSSR count). The lowest BCUT2D eigenvalue weighted by molar-refractivity contribution is 0.619. The lowest BCUT2D eigenvalue weighted by atomic mass is 10.3. The summed E-state index contributed by atoms with van der Waals surface area (Å²) in [7, 11) is 2.01. The largest absolute Gasteiger partial charge is 0.308 e. The van der Waals surface area contributed by atoms with Crippen LogP contribution in [0.5, 0.6) is 0 Å². The van der Waals surface area contributed by atoms with Crippen LogP contribution in [0.25, 0.3) is 0 Å². The molecule has 1 saturated carbocycles. The minimum absolute atomic E-state index is 0.752. The van der Waals surface area contributed by atoms with E-state index in [-0.39, 0.29) is 0 Å². The van der Waals surface area contributed by atoms with Crippen molar-refractivity contribution in [2.45, 2.75) is 38.8 Å². The van der Waals surface area contributed by atoms with Crippen molar-refractivity contribution >= 4 is 15.9 Å². The molecule has 3 nitrogen and oxygen atoms in total. The molecule has 1 fully saturated rings. The van der Waals surface area contributed by atoms with Gasteiger partial charge in [0.05, 0.1) is 15.9 Å². The van der Waals surface area contributed by atoms with Crippen molar-refractivity contribution in [3.05, 3.63) is 15.9 Å². The summed E-state index contributed by atoms with van der Waals surface area (Å²) in [4.78, 5) is 0. The molecule has 0 aromatic carbocycles. The second-order valence-corrected chi connectivity index (χ2v) is 4.63. The zero-order chi connectivity index (χ0) is 10.1. The average Bonchev–Trinajstić information content (AvgIpc) is 2.93. The molecule has 1 heterocycles. The van der Waals surface area contributed by atoms with Gasteiger partial charge in [-0.2, -0.15) is 5.10 Å². The van der Waals surface area contributed by atoms with Gasteiger partial charge < -0.3 is 5.32 Å². The monoisotopic (exact) mass is 257 g/mol. The highest BCUT2D eigenvalue weighted by atomic mass is 79.9. The summed E-state index contributed by atoms with van der Waals surface area (Å²) in [5.74, 6) is 0. The molecule has 0 spiro atoms. The Hall–Kier alpha value is -0.350. The van der Waals surface area contributed by atoms with Gasteiger partial charge in [-0.15, -0.1) is 0 Å². The minimum atomic E-state index is 0.752. The Morgan fingerprint density at radius 2 is 2.29 bits per heavy atom. The van der Waals surface area contributed by atoms with E-state index in [9.17, 15) is 0 Å². The van der Waals surface area contributed by atoms with E-state index in [0.717, 1.165) is 24.7 Å². The van der Waals surface area contributed by atoms with Crippen LogP contribution in [0, 0.1) is 0 Å². The molecule has 4 heteroatoms. The fraction of sp³-hybridized carbons (Fsp3) is 0.700. The van der Waals surface area contributed by atoms with Crippen molar-refractivity contribution in [1.29, 1.82) is 0 Å². The summed E-state index contributed by atoms with van der Waals surface area (Å²) in [5.41, 5.74) is 2.41. The van der Waals surface area contributed by atoms with Crippen LogP contribution >= 0.6 is 15.9 Å². The topological polar surface area (TPSA) is 29.9 Å². The maximum absolute atomic E-state index is 4.46. The van der Waals surface area contributed by atoms with Crippen molar-refractivity contribution in [2.24, 2.45) is 7.05 Å². The molecule has 1 aliphatic carbocycles. The van der Waals surface area contributed by atoms with E-state index in [0.29, 0.717) is 0 Å². The summed E-state index contributed by atoms with van der Waals surface area (Å²) >= 11 is 3.61. The highest BCUT2D eigenvalue weighted by Crippen LogP contribution is 2.24. The highest BCUT2D eigenvalue weighted by molar-refractivity contribution is 9.10. The Balaban J connectivity index is 2.09. The number of halogens is 1. The number of hydrogen-bond donors (Lipinski definition) is 1. The third-order valence-corrected chi connectivity index (χ3v) is 3.55. The molecule has 14 heavy (non-hydrogen) atoms. The molecule has 0 radical (unpaired) electrons. The molecule has 0 unspecified atom stereocenters. The lowest BCUT2D eigenvalue weighted by Gasteiger charge is -2.03. The van der Waals surface area contributed by atoms with Gasteiger partial charge in [-0.25, -0.2) is 0 Å². The van der Waals surface area contributed by atoms with E-state index in [1.165, 1.54) is 23.0 Å². The Morgan fingerprint density at radius 1 is 1.57 bits per heavy atom. The van der Waals surface area contributed by atoms with E-state index in [4.69, 9.17) is 0 Å². The first kappa shape index (κ1) is 10.2. The summed E-state index contributed by atoms with van der Waals surface area (Å²) in [5, 5.41) is 7.96. The maximum Gasteiger partial charge on any atom is 0.0767 e. The van der Waals surface area contributed by atoms with Crippen molar-refractivity contribution in [1.82, 2.24) is 15.1 Å². The Morgan fingerprint density at radius 3 is 2.79 bits per heavy atom. The van der Waals surface area contributed by atoms with Gasteiger partial charge in [-0.05, 0) is 35.2 Å². The van der Waals surface area contributed by atoms with Crippen molar-refractivity contribution in [3.63, 3.8) is 0 Å². The molecule has 78 valence electrons. The molecule has 1 N–H and O–H groups in total. The number of nitrogens with one attached hydrogen (secondary N) is 1. The van der Waals surface area contributed by atoms with E-state index in [1.54, 1.807) is 0 Å². The predicted molar refractivity (Wildman–Crippen MR) is 60.1 cm³/mol. The van der Waals surface area contributed by atoms with Crippen LogP contribution in [0.3, 0.4) is 0 Å². The maximum atomic E-state index is 4.46. The van der Waals surface area contributed by atoms with Gasteiger partial charge in [-0.3, -0.25) is 4.68 Å². The third kappa shape index (κ3) is 2.01. The van der Waals surface area contributed by atoms with Crippen LogP contribution in [0.4, 0.5) is 0 Å². The highest BCUT2D eigenvalue weighted by Gasteiger charge is 2.21. The van der Waals surface area contributed by atoms with Gasteiger partial charge in [0.15, 0.2) is 0 Å². The Kier molecular flexibility index (Phi) is 2.93. The van der Waals surface area contributed by atoms with Gasteiger partial charge in [-0.1, -0.05) is 6.92 Å². The summed E-state index contributed by atoms with van der Waals surface area (Å²) < 4.78 is 3.15. The SMILES string of the molecule is CCc1nn(C)c(CNC2CC2)c1Br. The minimum Gasteiger partial charge on any atom is -0.308 e. The molecule has 0 saturated heterocycles. The summed E-state index contributed by atoms with van der Waals surface area (Å²) in [6.07, 6.45) is 3.64. The molecular weight excluding hydrogens is 242 g/mol. The lowest BCUT2D eigenvalue weighted by Crippen LogP contribution is -2.17. The quantitative estimate of drug-likeness (QED) is 0.895. The number of aryl methyl sites for hydroxylation is 2. The third-order valence-electron chi connectivity index (χ3n) is 2.64. The molecule has 1 aromatic rings. The smallest absolute Gasteiger partial charge is 0.0767 e. The molecule has 1 aromatic heterocycles. The van der Waals surface area contributed by atoms with E-state index < -0.39 is 0 Å². The zero-order valence-corrected chi connectivity index (χ0v) is 10.3.